The number of anilines is 1. The Morgan fingerprint density at radius 3 is 2.52 bits per heavy atom. The van der Waals surface area contributed by atoms with Gasteiger partial charge in [-0.05, 0) is 57.2 Å². The zero-order valence-corrected chi connectivity index (χ0v) is 17.3. The Morgan fingerprint density at radius 1 is 1.16 bits per heavy atom. The van der Waals surface area contributed by atoms with Gasteiger partial charge < -0.3 is 19.3 Å². The van der Waals surface area contributed by atoms with Gasteiger partial charge in [0.1, 0.15) is 24.2 Å². The number of hydrogen-bond acceptors (Lipinski definition) is 7. The van der Waals surface area contributed by atoms with Gasteiger partial charge in [-0.15, -0.1) is 0 Å². The van der Waals surface area contributed by atoms with Crippen LogP contribution in [0.3, 0.4) is 0 Å². The highest BCUT2D eigenvalue weighted by molar-refractivity contribution is 5.98. The van der Waals surface area contributed by atoms with E-state index in [2.05, 4.69) is 10.5 Å². The maximum atomic E-state index is 12.4. The van der Waals surface area contributed by atoms with Gasteiger partial charge in [0, 0.05) is 0 Å². The van der Waals surface area contributed by atoms with Gasteiger partial charge in [-0.25, -0.2) is 4.79 Å². The highest BCUT2D eigenvalue weighted by Crippen LogP contribution is 2.19. The monoisotopic (exact) mass is 419 g/mol. The Labute approximate surface area is 179 Å². The SMILES string of the molecule is Cc1noc(C)c1COc1ccc(C(=O)OC(C)C(=O)Nc2ccccc2C#N)cc1. The van der Waals surface area contributed by atoms with E-state index in [1.165, 1.54) is 6.92 Å². The number of esters is 1. The van der Waals surface area contributed by atoms with Gasteiger partial charge in [-0.1, -0.05) is 17.3 Å². The number of carbonyl (C=O) groups is 2. The van der Waals surface area contributed by atoms with Crippen molar-refractivity contribution in [2.75, 3.05) is 5.32 Å². The van der Waals surface area contributed by atoms with E-state index < -0.39 is 18.0 Å². The number of benzene rings is 2. The first-order valence-corrected chi connectivity index (χ1v) is 9.54. The lowest BCUT2D eigenvalue weighted by Gasteiger charge is -2.14. The molecule has 1 unspecified atom stereocenters. The Morgan fingerprint density at radius 2 is 1.87 bits per heavy atom. The third-order valence-electron chi connectivity index (χ3n) is 4.61. The van der Waals surface area contributed by atoms with Crippen molar-refractivity contribution < 1.29 is 23.6 Å². The van der Waals surface area contributed by atoms with E-state index in [-0.39, 0.29) is 5.56 Å². The van der Waals surface area contributed by atoms with Crippen LogP contribution in [0, 0.1) is 25.2 Å². The number of nitriles is 1. The molecule has 1 aromatic heterocycles. The van der Waals surface area contributed by atoms with Crippen LogP contribution in [0.5, 0.6) is 5.75 Å². The summed E-state index contributed by atoms with van der Waals surface area (Å²) in [5.41, 5.74) is 2.60. The molecule has 8 nitrogen and oxygen atoms in total. The fourth-order valence-electron chi connectivity index (χ4n) is 2.76. The molecule has 8 heteroatoms. The molecule has 2 aromatic carbocycles. The average molecular weight is 419 g/mol. The lowest BCUT2D eigenvalue weighted by molar-refractivity contribution is -0.123. The normalized spacial score (nSPS) is 11.3. The largest absolute Gasteiger partial charge is 0.489 e. The molecule has 3 rings (SSSR count). The fraction of sp³-hybridized carbons (Fsp3) is 0.217. The predicted octanol–water partition coefficient (Wildman–Crippen LogP) is 3.93. The van der Waals surface area contributed by atoms with Crippen LogP contribution in [-0.2, 0) is 16.1 Å². The summed E-state index contributed by atoms with van der Waals surface area (Å²) in [4.78, 5) is 24.7. The fourth-order valence-corrected chi connectivity index (χ4v) is 2.76. The molecule has 0 aliphatic carbocycles. The molecule has 0 aliphatic rings. The molecule has 0 saturated carbocycles. The highest BCUT2D eigenvalue weighted by Gasteiger charge is 2.20. The molecule has 1 amide bonds. The number of carbonyl (C=O) groups excluding carboxylic acids is 2. The van der Waals surface area contributed by atoms with Crippen LogP contribution in [0.4, 0.5) is 5.69 Å². The number of aromatic nitrogens is 1. The Kier molecular flexibility index (Phi) is 6.67. The van der Waals surface area contributed by atoms with Crippen LogP contribution in [0.1, 0.15) is 39.9 Å². The van der Waals surface area contributed by atoms with Crippen LogP contribution in [-0.4, -0.2) is 23.1 Å². The van der Waals surface area contributed by atoms with E-state index in [1.54, 1.807) is 48.5 Å². The quantitative estimate of drug-likeness (QED) is 0.577. The number of hydrogen-bond donors (Lipinski definition) is 1. The van der Waals surface area contributed by atoms with Gasteiger partial charge in [0.05, 0.1) is 28.1 Å². The number of rotatable bonds is 7. The summed E-state index contributed by atoms with van der Waals surface area (Å²) in [7, 11) is 0. The molecule has 0 spiro atoms. The number of ether oxygens (including phenoxy) is 2. The highest BCUT2D eigenvalue weighted by atomic mass is 16.5. The summed E-state index contributed by atoms with van der Waals surface area (Å²) in [6, 6.07) is 15.0. The lowest BCUT2D eigenvalue weighted by atomic mass is 10.2. The third-order valence-corrected chi connectivity index (χ3v) is 4.61. The predicted molar refractivity (Wildman–Crippen MR) is 111 cm³/mol. The molecule has 1 N–H and O–H groups in total. The number of para-hydroxylation sites is 1. The number of amides is 1. The van der Waals surface area contributed by atoms with Crippen molar-refractivity contribution in [3.8, 4) is 11.8 Å². The van der Waals surface area contributed by atoms with Crippen LogP contribution in [0.2, 0.25) is 0 Å². The Balaban J connectivity index is 1.56. The van der Waals surface area contributed by atoms with Crippen LogP contribution >= 0.6 is 0 Å². The van der Waals surface area contributed by atoms with Gasteiger partial charge in [0.2, 0.25) is 0 Å². The minimum absolute atomic E-state index is 0.279. The number of nitrogens with one attached hydrogen (secondary N) is 1. The van der Waals surface area contributed by atoms with Crippen molar-refractivity contribution in [1.82, 2.24) is 5.16 Å². The smallest absolute Gasteiger partial charge is 0.338 e. The molecule has 0 fully saturated rings. The lowest BCUT2D eigenvalue weighted by Crippen LogP contribution is -2.30. The molecular formula is C23H21N3O5. The number of nitrogens with zero attached hydrogens (tertiary/aromatic N) is 2. The van der Waals surface area contributed by atoms with Crippen molar-refractivity contribution in [1.29, 1.82) is 5.26 Å². The number of aryl methyl sites for hydroxylation is 2. The first-order chi connectivity index (χ1) is 14.9. The summed E-state index contributed by atoms with van der Waals surface area (Å²) in [5, 5.41) is 15.6. The minimum atomic E-state index is -1.05. The van der Waals surface area contributed by atoms with E-state index in [0.717, 1.165) is 11.3 Å². The van der Waals surface area contributed by atoms with Gasteiger partial charge in [-0.2, -0.15) is 5.26 Å². The maximum Gasteiger partial charge on any atom is 0.338 e. The first-order valence-electron chi connectivity index (χ1n) is 9.54. The van der Waals surface area contributed by atoms with Crippen molar-refractivity contribution >= 4 is 17.6 Å². The second-order valence-electron chi connectivity index (χ2n) is 6.81. The molecule has 158 valence electrons. The van der Waals surface area contributed by atoms with Gasteiger partial charge in [0.15, 0.2) is 6.10 Å². The molecule has 3 aromatic rings. The molecular weight excluding hydrogens is 398 g/mol. The van der Waals surface area contributed by atoms with Crippen molar-refractivity contribution in [2.24, 2.45) is 0 Å². The van der Waals surface area contributed by atoms with E-state index in [1.807, 2.05) is 19.9 Å². The zero-order valence-electron chi connectivity index (χ0n) is 17.3. The van der Waals surface area contributed by atoms with Crippen molar-refractivity contribution in [2.45, 2.75) is 33.5 Å². The Hall–Kier alpha value is -4.12. The van der Waals surface area contributed by atoms with Gasteiger partial charge >= 0.3 is 5.97 Å². The summed E-state index contributed by atoms with van der Waals surface area (Å²) >= 11 is 0. The van der Waals surface area contributed by atoms with E-state index in [4.69, 9.17) is 19.3 Å². The standard InChI is InChI=1S/C23H21N3O5/c1-14-20(15(2)31-26-14)13-29-19-10-8-17(9-11-19)23(28)30-16(3)22(27)25-21-7-5-4-6-18(21)12-24/h4-11,16H,13H2,1-3H3,(H,25,27). The summed E-state index contributed by atoms with van der Waals surface area (Å²) in [6.45, 7) is 5.41. The van der Waals surface area contributed by atoms with E-state index in [9.17, 15) is 9.59 Å². The maximum absolute atomic E-state index is 12.4. The summed E-state index contributed by atoms with van der Waals surface area (Å²) in [5.74, 6) is 0.0850. The first kappa shape index (κ1) is 21.6. The van der Waals surface area contributed by atoms with Crippen LogP contribution in [0.25, 0.3) is 0 Å². The third kappa shape index (κ3) is 5.28. The molecule has 0 bridgehead atoms. The Bertz CT molecular complexity index is 1110. The zero-order chi connectivity index (χ0) is 22.4. The molecule has 0 saturated heterocycles. The average Bonchev–Trinajstić information content (AvgIpc) is 3.10. The molecule has 0 aliphatic heterocycles. The van der Waals surface area contributed by atoms with E-state index in [0.29, 0.717) is 29.4 Å². The van der Waals surface area contributed by atoms with E-state index >= 15 is 0 Å². The minimum Gasteiger partial charge on any atom is -0.489 e. The summed E-state index contributed by atoms with van der Waals surface area (Å²) in [6.07, 6.45) is -1.05. The van der Waals surface area contributed by atoms with Crippen LogP contribution < -0.4 is 10.1 Å². The second-order valence-corrected chi connectivity index (χ2v) is 6.81. The topological polar surface area (TPSA) is 114 Å². The van der Waals surface area contributed by atoms with Crippen LogP contribution in [0.15, 0.2) is 53.1 Å². The second kappa shape index (κ2) is 9.59. The molecule has 1 atom stereocenters. The van der Waals surface area contributed by atoms with Gasteiger partial charge in [0.25, 0.3) is 5.91 Å². The van der Waals surface area contributed by atoms with Crippen molar-refractivity contribution in [3.63, 3.8) is 0 Å². The van der Waals surface area contributed by atoms with Crippen molar-refractivity contribution in [3.05, 3.63) is 76.7 Å². The molecule has 31 heavy (non-hydrogen) atoms. The summed E-state index contributed by atoms with van der Waals surface area (Å²) < 4.78 is 16.1. The molecule has 0 radical (unpaired) electrons. The molecule has 1 heterocycles. The van der Waals surface area contributed by atoms with Gasteiger partial charge in [-0.3, -0.25) is 4.79 Å².